The second kappa shape index (κ2) is 7.82. The number of carbonyl (C=O) groups excluding carboxylic acids is 1. The van der Waals surface area contributed by atoms with Crippen molar-refractivity contribution in [2.24, 2.45) is 10.8 Å². The Morgan fingerprint density at radius 1 is 1.03 bits per heavy atom. The third-order valence-electron chi connectivity index (χ3n) is 7.85. The van der Waals surface area contributed by atoms with Crippen LogP contribution in [0.1, 0.15) is 37.3 Å². The van der Waals surface area contributed by atoms with Gasteiger partial charge in [-0.25, -0.2) is 0 Å². The van der Waals surface area contributed by atoms with Gasteiger partial charge in [-0.1, -0.05) is 6.07 Å². The third kappa shape index (κ3) is 3.26. The molecule has 3 saturated heterocycles. The van der Waals surface area contributed by atoms with E-state index >= 15 is 0 Å². The summed E-state index contributed by atoms with van der Waals surface area (Å²) in [6, 6.07) is 6.20. The van der Waals surface area contributed by atoms with Crippen molar-refractivity contribution < 1.29 is 9.21 Å². The molecule has 6 heteroatoms. The van der Waals surface area contributed by atoms with Crippen LogP contribution in [0.2, 0.25) is 0 Å². The SMILES string of the molecule is CCN1CC[C@]2(CN(Cc3cccnc3)CC23CCN(Cc2ccoc2)CC3)C1=O. The molecule has 5 rings (SSSR count). The highest BCUT2D eigenvalue weighted by molar-refractivity contribution is 5.86. The average Bonchev–Trinajstić information content (AvgIpc) is 3.46. The van der Waals surface area contributed by atoms with Crippen molar-refractivity contribution in [1.29, 1.82) is 0 Å². The molecule has 1 atom stereocenters. The number of aromatic nitrogens is 1. The summed E-state index contributed by atoms with van der Waals surface area (Å²) in [6.07, 6.45) is 10.6. The van der Waals surface area contributed by atoms with Gasteiger partial charge in [0, 0.05) is 62.6 Å². The molecular weight excluding hydrogens is 376 g/mol. The highest BCUT2D eigenvalue weighted by atomic mass is 16.3. The van der Waals surface area contributed by atoms with Crippen LogP contribution in [-0.2, 0) is 17.9 Å². The van der Waals surface area contributed by atoms with E-state index in [1.54, 1.807) is 6.26 Å². The summed E-state index contributed by atoms with van der Waals surface area (Å²) in [5.41, 5.74) is 2.34. The molecule has 160 valence electrons. The van der Waals surface area contributed by atoms with Gasteiger partial charge >= 0.3 is 0 Å². The van der Waals surface area contributed by atoms with Crippen LogP contribution in [0.5, 0.6) is 0 Å². The topological polar surface area (TPSA) is 52.8 Å². The number of hydrogen-bond donors (Lipinski definition) is 0. The van der Waals surface area contributed by atoms with E-state index in [4.69, 9.17) is 4.42 Å². The zero-order valence-electron chi connectivity index (χ0n) is 17.9. The first-order valence-electron chi connectivity index (χ1n) is 11.3. The molecule has 6 nitrogen and oxygen atoms in total. The second-order valence-electron chi connectivity index (χ2n) is 9.41. The van der Waals surface area contributed by atoms with E-state index in [2.05, 4.69) is 38.7 Å². The molecular formula is C24H32N4O2. The molecule has 3 fully saturated rings. The normalized spacial score (nSPS) is 27.0. The third-order valence-corrected chi connectivity index (χ3v) is 7.85. The fraction of sp³-hybridized carbons (Fsp3) is 0.583. The number of nitrogens with zero attached hydrogens (tertiary/aromatic N) is 4. The van der Waals surface area contributed by atoms with Gasteiger partial charge in [0.25, 0.3) is 0 Å². The molecule has 3 aliphatic rings. The van der Waals surface area contributed by atoms with Gasteiger partial charge in [-0.05, 0) is 57.0 Å². The van der Waals surface area contributed by atoms with Crippen molar-refractivity contribution in [2.75, 3.05) is 39.3 Å². The van der Waals surface area contributed by atoms with E-state index in [-0.39, 0.29) is 10.8 Å². The summed E-state index contributed by atoms with van der Waals surface area (Å²) in [7, 11) is 0. The fourth-order valence-corrected chi connectivity index (χ4v) is 6.24. The zero-order chi connectivity index (χ0) is 20.6. The summed E-state index contributed by atoms with van der Waals surface area (Å²) in [4.78, 5) is 25.1. The maximum atomic E-state index is 13.6. The summed E-state index contributed by atoms with van der Waals surface area (Å²) in [5.74, 6) is 0.405. The first-order chi connectivity index (χ1) is 14.6. The highest BCUT2D eigenvalue weighted by Crippen LogP contribution is 2.58. The molecule has 2 aromatic heterocycles. The number of rotatable bonds is 5. The summed E-state index contributed by atoms with van der Waals surface area (Å²) in [6.45, 7) is 9.68. The Kier molecular flexibility index (Phi) is 5.15. The van der Waals surface area contributed by atoms with Gasteiger partial charge in [0.15, 0.2) is 0 Å². The van der Waals surface area contributed by atoms with Gasteiger partial charge in [0.2, 0.25) is 5.91 Å². The maximum absolute atomic E-state index is 13.6. The van der Waals surface area contributed by atoms with Gasteiger partial charge in [-0.3, -0.25) is 19.6 Å². The molecule has 2 spiro atoms. The Hall–Kier alpha value is -2.18. The van der Waals surface area contributed by atoms with E-state index in [9.17, 15) is 4.79 Å². The van der Waals surface area contributed by atoms with Crippen LogP contribution in [-0.4, -0.2) is 64.9 Å². The minimum absolute atomic E-state index is 0.0864. The predicted molar refractivity (Wildman–Crippen MR) is 114 cm³/mol. The summed E-state index contributed by atoms with van der Waals surface area (Å²) >= 11 is 0. The van der Waals surface area contributed by atoms with Crippen molar-refractivity contribution in [3.63, 3.8) is 0 Å². The highest BCUT2D eigenvalue weighted by Gasteiger charge is 2.64. The molecule has 0 bridgehead atoms. The lowest BCUT2D eigenvalue weighted by Gasteiger charge is -2.47. The molecule has 30 heavy (non-hydrogen) atoms. The largest absolute Gasteiger partial charge is 0.472 e. The molecule has 0 radical (unpaired) electrons. The second-order valence-corrected chi connectivity index (χ2v) is 9.41. The number of pyridine rings is 1. The Bertz CT molecular complexity index is 861. The first kappa shape index (κ1) is 19.8. The Morgan fingerprint density at radius 3 is 2.53 bits per heavy atom. The van der Waals surface area contributed by atoms with E-state index < -0.39 is 0 Å². The van der Waals surface area contributed by atoms with Gasteiger partial charge in [-0.2, -0.15) is 0 Å². The van der Waals surface area contributed by atoms with Crippen LogP contribution in [0, 0.1) is 10.8 Å². The average molecular weight is 409 g/mol. The number of likely N-dealkylation sites (tertiary alicyclic amines) is 3. The minimum Gasteiger partial charge on any atom is -0.472 e. The van der Waals surface area contributed by atoms with Crippen molar-refractivity contribution in [1.82, 2.24) is 19.7 Å². The minimum atomic E-state index is -0.215. The first-order valence-corrected chi connectivity index (χ1v) is 11.3. The van der Waals surface area contributed by atoms with Crippen molar-refractivity contribution in [3.05, 3.63) is 54.2 Å². The molecule has 3 aliphatic heterocycles. The lowest BCUT2D eigenvalue weighted by molar-refractivity contribution is -0.142. The van der Waals surface area contributed by atoms with Crippen molar-refractivity contribution in [3.8, 4) is 0 Å². The Labute approximate surface area is 178 Å². The Balaban J connectivity index is 1.36. The van der Waals surface area contributed by atoms with Crippen LogP contribution in [0.4, 0.5) is 0 Å². The summed E-state index contributed by atoms with van der Waals surface area (Å²) in [5, 5.41) is 0. The van der Waals surface area contributed by atoms with Crippen LogP contribution in [0.25, 0.3) is 0 Å². The number of fused-ring (bicyclic) bond motifs is 1. The number of amides is 1. The van der Waals surface area contributed by atoms with Crippen molar-refractivity contribution >= 4 is 5.91 Å². The molecule has 0 aliphatic carbocycles. The molecule has 5 heterocycles. The molecule has 2 aromatic rings. The molecule has 0 N–H and O–H groups in total. The van der Waals surface area contributed by atoms with Crippen LogP contribution >= 0.6 is 0 Å². The zero-order valence-corrected chi connectivity index (χ0v) is 17.9. The van der Waals surface area contributed by atoms with Gasteiger partial charge in [-0.15, -0.1) is 0 Å². The molecule has 0 aromatic carbocycles. The molecule has 0 unspecified atom stereocenters. The van der Waals surface area contributed by atoms with Crippen LogP contribution in [0.15, 0.2) is 47.5 Å². The fourth-order valence-electron chi connectivity index (χ4n) is 6.24. The lowest BCUT2D eigenvalue weighted by atomic mass is 9.60. The van der Waals surface area contributed by atoms with Gasteiger partial charge in [0.05, 0.1) is 17.9 Å². The van der Waals surface area contributed by atoms with Gasteiger partial charge in [0.1, 0.15) is 0 Å². The predicted octanol–water partition coefficient (Wildman–Crippen LogP) is 3.01. The smallest absolute Gasteiger partial charge is 0.230 e. The number of piperidine rings is 1. The van der Waals surface area contributed by atoms with E-state index in [0.29, 0.717) is 5.91 Å². The quantitative estimate of drug-likeness (QED) is 0.761. The van der Waals surface area contributed by atoms with Gasteiger partial charge < -0.3 is 9.32 Å². The standard InChI is InChI=1S/C24H32N4O2/c1-2-28-12-8-24(22(28)29)19-27(15-20-4-3-9-25-14-20)18-23(24)6-10-26(11-7-23)16-21-5-13-30-17-21/h3-5,9,13-14,17H,2,6-8,10-12,15-16,18-19H2,1H3/t24-/m0/s1. The Morgan fingerprint density at radius 2 is 1.87 bits per heavy atom. The monoisotopic (exact) mass is 408 g/mol. The number of carbonyl (C=O) groups is 1. The van der Waals surface area contributed by atoms with Crippen LogP contribution in [0.3, 0.4) is 0 Å². The van der Waals surface area contributed by atoms with Crippen molar-refractivity contribution in [2.45, 2.75) is 39.3 Å². The van der Waals surface area contributed by atoms with E-state index in [1.807, 2.05) is 24.7 Å². The van der Waals surface area contributed by atoms with Crippen LogP contribution < -0.4 is 0 Å². The molecule has 0 saturated carbocycles. The summed E-state index contributed by atoms with van der Waals surface area (Å²) < 4.78 is 5.25. The van der Waals surface area contributed by atoms with E-state index in [0.717, 1.165) is 71.6 Å². The van der Waals surface area contributed by atoms with E-state index in [1.165, 1.54) is 11.1 Å². The number of hydrogen-bond acceptors (Lipinski definition) is 5. The maximum Gasteiger partial charge on any atom is 0.230 e. The molecule has 1 amide bonds. The number of furan rings is 1. The lowest BCUT2D eigenvalue weighted by Crippen LogP contribution is -2.52.